The molecule has 6 heteroatoms. The molecule has 2 fully saturated rings. The summed E-state index contributed by atoms with van der Waals surface area (Å²) in [5, 5.41) is 0. The van der Waals surface area contributed by atoms with Crippen LogP contribution < -0.4 is 5.73 Å². The Bertz CT molecular complexity index is 277. The lowest BCUT2D eigenvalue weighted by molar-refractivity contribution is -0.187. The molecule has 3 nitrogen and oxygen atoms in total. The topological polar surface area (TPSA) is 38.5 Å². The Kier molecular flexibility index (Phi) is 4.18. The minimum absolute atomic E-state index is 0.101. The van der Waals surface area contributed by atoms with Crippen molar-refractivity contribution >= 4 is 0 Å². The van der Waals surface area contributed by atoms with Gasteiger partial charge in [0.2, 0.25) is 0 Å². The van der Waals surface area contributed by atoms with Crippen LogP contribution in [0.2, 0.25) is 0 Å². The number of hydrogen-bond donors (Lipinski definition) is 1. The first-order valence-corrected chi connectivity index (χ1v) is 6.55. The van der Waals surface area contributed by atoms with E-state index < -0.39 is 12.1 Å². The standard InChI is InChI=1S/C12H21F3N2O/c13-12(14,15)10-2-1-5-17(8-10)9-11(16)3-6-18-7-4-11/h10H,1-9,16H2. The lowest BCUT2D eigenvalue weighted by atomic mass is 9.89. The zero-order chi connectivity index (χ0) is 13.2. The van der Waals surface area contributed by atoms with E-state index in [2.05, 4.69) is 0 Å². The molecule has 106 valence electrons. The Morgan fingerprint density at radius 2 is 1.94 bits per heavy atom. The van der Waals surface area contributed by atoms with E-state index in [-0.39, 0.29) is 18.5 Å². The van der Waals surface area contributed by atoms with Crippen molar-refractivity contribution in [3.05, 3.63) is 0 Å². The van der Waals surface area contributed by atoms with Gasteiger partial charge in [-0.05, 0) is 32.2 Å². The van der Waals surface area contributed by atoms with Gasteiger partial charge in [-0.2, -0.15) is 13.2 Å². The largest absolute Gasteiger partial charge is 0.393 e. The molecule has 0 bridgehead atoms. The van der Waals surface area contributed by atoms with Crippen molar-refractivity contribution in [1.82, 2.24) is 4.90 Å². The third kappa shape index (κ3) is 3.59. The zero-order valence-electron chi connectivity index (χ0n) is 10.5. The van der Waals surface area contributed by atoms with Gasteiger partial charge in [-0.15, -0.1) is 0 Å². The number of nitrogens with zero attached hydrogens (tertiary/aromatic N) is 1. The highest BCUT2D eigenvalue weighted by Gasteiger charge is 2.43. The molecule has 0 amide bonds. The van der Waals surface area contributed by atoms with Gasteiger partial charge in [0.05, 0.1) is 5.92 Å². The number of ether oxygens (including phenoxy) is 1. The van der Waals surface area contributed by atoms with E-state index in [0.717, 1.165) is 19.4 Å². The number of piperidine rings is 1. The monoisotopic (exact) mass is 266 g/mol. The van der Waals surface area contributed by atoms with Crippen molar-refractivity contribution in [3.63, 3.8) is 0 Å². The molecule has 18 heavy (non-hydrogen) atoms. The highest BCUT2D eigenvalue weighted by molar-refractivity contribution is 4.91. The van der Waals surface area contributed by atoms with Gasteiger partial charge in [-0.25, -0.2) is 0 Å². The number of nitrogens with two attached hydrogens (primary N) is 1. The van der Waals surface area contributed by atoms with E-state index in [1.54, 1.807) is 0 Å². The van der Waals surface area contributed by atoms with Crippen LogP contribution in [0.1, 0.15) is 25.7 Å². The molecule has 0 aromatic carbocycles. The number of halogens is 3. The Morgan fingerprint density at radius 1 is 1.28 bits per heavy atom. The van der Waals surface area contributed by atoms with Gasteiger partial charge in [-0.3, -0.25) is 0 Å². The maximum Gasteiger partial charge on any atom is 0.393 e. The van der Waals surface area contributed by atoms with Crippen LogP contribution in [-0.2, 0) is 4.74 Å². The van der Waals surface area contributed by atoms with E-state index in [1.807, 2.05) is 4.90 Å². The van der Waals surface area contributed by atoms with Gasteiger partial charge in [0.25, 0.3) is 0 Å². The molecule has 2 saturated heterocycles. The first-order chi connectivity index (χ1) is 8.39. The summed E-state index contributed by atoms with van der Waals surface area (Å²) < 4.78 is 43.4. The number of rotatable bonds is 2. The molecule has 2 aliphatic rings. The second kappa shape index (κ2) is 5.35. The van der Waals surface area contributed by atoms with Crippen LogP contribution in [0, 0.1) is 5.92 Å². The smallest absolute Gasteiger partial charge is 0.381 e. The third-order valence-corrected chi connectivity index (χ3v) is 4.00. The minimum atomic E-state index is -4.07. The van der Waals surface area contributed by atoms with Crippen molar-refractivity contribution in [1.29, 1.82) is 0 Å². The lowest BCUT2D eigenvalue weighted by Crippen LogP contribution is -2.56. The lowest BCUT2D eigenvalue weighted by Gasteiger charge is -2.41. The summed E-state index contributed by atoms with van der Waals surface area (Å²) >= 11 is 0. The van der Waals surface area contributed by atoms with Crippen molar-refractivity contribution < 1.29 is 17.9 Å². The number of alkyl halides is 3. The first kappa shape index (κ1) is 14.1. The van der Waals surface area contributed by atoms with Crippen LogP contribution in [0.5, 0.6) is 0 Å². The summed E-state index contributed by atoms with van der Waals surface area (Å²) in [6.45, 7) is 2.62. The fourth-order valence-electron chi connectivity index (χ4n) is 2.85. The molecule has 1 unspecified atom stereocenters. The maximum absolute atomic E-state index is 12.7. The predicted molar refractivity (Wildman–Crippen MR) is 62.2 cm³/mol. The molecule has 2 N–H and O–H groups in total. The van der Waals surface area contributed by atoms with Crippen LogP contribution in [0.3, 0.4) is 0 Å². The summed E-state index contributed by atoms with van der Waals surface area (Å²) in [6.07, 6.45) is -1.74. The highest BCUT2D eigenvalue weighted by atomic mass is 19.4. The Hall–Kier alpha value is -0.330. The summed E-state index contributed by atoms with van der Waals surface area (Å²) in [4.78, 5) is 1.88. The summed E-state index contributed by atoms with van der Waals surface area (Å²) in [7, 11) is 0. The van der Waals surface area contributed by atoms with Crippen molar-refractivity contribution in [3.8, 4) is 0 Å². The molecule has 1 atom stereocenters. The molecule has 2 aliphatic heterocycles. The number of likely N-dealkylation sites (tertiary alicyclic amines) is 1. The maximum atomic E-state index is 12.7. The minimum Gasteiger partial charge on any atom is -0.381 e. The average Bonchev–Trinajstić information content (AvgIpc) is 2.28. The molecular weight excluding hydrogens is 245 g/mol. The first-order valence-electron chi connectivity index (χ1n) is 6.55. The molecule has 0 saturated carbocycles. The Labute approximate surface area is 105 Å². The van der Waals surface area contributed by atoms with Gasteiger partial charge in [0, 0.05) is 31.8 Å². The third-order valence-electron chi connectivity index (χ3n) is 4.00. The van der Waals surface area contributed by atoms with Crippen molar-refractivity contribution in [2.75, 3.05) is 32.8 Å². The second-order valence-electron chi connectivity index (χ2n) is 5.59. The van der Waals surface area contributed by atoms with Crippen LogP contribution >= 0.6 is 0 Å². The van der Waals surface area contributed by atoms with Gasteiger partial charge < -0.3 is 15.4 Å². The fraction of sp³-hybridized carbons (Fsp3) is 1.00. The van der Waals surface area contributed by atoms with Gasteiger partial charge in [0.15, 0.2) is 0 Å². The summed E-state index contributed by atoms with van der Waals surface area (Å²) in [5.41, 5.74) is 5.87. The molecule has 2 heterocycles. The molecule has 0 aliphatic carbocycles. The zero-order valence-corrected chi connectivity index (χ0v) is 10.5. The van der Waals surface area contributed by atoms with Crippen LogP contribution in [0.25, 0.3) is 0 Å². The summed E-state index contributed by atoms with van der Waals surface area (Å²) in [5.74, 6) is -1.19. The summed E-state index contributed by atoms with van der Waals surface area (Å²) in [6, 6.07) is 0. The van der Waals surface area contributed by atoms with E-state index in [1.165, 1.54) is 0 Å². The molecule has 0 aromatic heterocycles. The molecule has 0 aromatic rings. The highest BCUT2D eigenvalue weighted by Crippen LogP contribution is 2.33. The van der Waals surface area contributed by atoms with E-state index >= 15 is 0 Å². The van der Waals surface area contributed by atoms with Gasteiger partial charge in [0.1, 0.15) is 0 Å². The second-order valence-corrected chi connectivity index (χ2v) is 5.59. The molecule has 0 radical (unpaired) electrons. The van der Waals surface area contributed by atoms with E-state index in [4.69, 9.17) is 10.5 Å². The van der Waals surface area contributed by atoms with Crippen LogP contribution in [0.15, 0.2) is 0 Å². The Balaban J connectivity index is 1.89. The average molecular weight is 266 g/mol. The Morgan fingerprint density at radius 3 is 2.56 bits per heavy atom. The van der Waals surface area contributed by atoms with Gasteiger partial charge in [-0.1, -0.05) is 0 Å². The van der Waals surface area contributed by atoms with Crippen LogP contribution in [-0.4, -0.2) is 49.5 Å². The number of hydrogen-bond acceptors (Lipinski definition) is 3. The quantitative estimate of drug-likeness (QED) is 0.828. The van der Waals surface area contributed by atoms with Crippen LogP contribution in [0.4, 0.5) is 13.2 Å². The van der Waals surface area contributed by atoms with Crippen molar-refractivity contribution in [2.45, 2.75) is 37.4 Å². The fourth-order valence-corrected chi connectivity index (χ4v) is 2.85. The van der Waals surface area contributed by atoms with E-state index in [9.17, 15) is 13.2 Å². The predicted octanol–water partition coefficient (Wildman–Crippen LogP) is 1.77. The van der Waals surface area contributed by atoms with E-state index in [0.29, 0.717) is 26.2 Å². The van der Waals surface area contributed by atoms with Crippen molar-refractivity contribution in [2.24, 2.45) is 11.7 Å². The molecular formula is C12H21F3N2O. The normalized spacial score (nSPS) is 30.3. The molecule has 2 rings (SSSR count). The SMILES string of the molecule is NC1(CN2CCCC(C(F)(F)F)C2)CCOCC1. The molecule has 0 spiro atoms. The van der Waals surface area contributed by atoms with Gasteiger partial charge >= 0.3 is 6.18 Å².